The molecule has 2 heterocycles. The maximum atomic E-state index is 11.9. The molecule has 0 atom stereocenters. The van der Waals surface area contributed by atoms with Crippen molar-refractivity contribution in [3.8, 4) is 5.95 Å². The van der Waals surface area contributed by atoms with Crippen molar-refractivity contribution in [3.05, 3.63) is 18.5 Å². The maximum absolute atomic E-state index is 11.9. The van der Waals surface area contributed by atoms with Gasteiger partial charge >= 0.3 is 0 Å². The molecule has 0 bridgehead atoms. The van der Waals surface area contributed by atoms with Crippen LogP contribution >= 0.6 is 0 Å². The zero-order valence-electron chi connectivity index (χ0n) is 10.9. The van der Waals surface area contributed by atoms with Crippen LogP contribution in [0, 0.1) is 0 Å². The largest absolute Gasteiger partial charge is 0.374 e. The van der Waals surface area contributed by atoms with Gasteiger partial charge in [-0.25, -0.2) is 19.3 Å². The number of hydrazine groups is 1. The number of aromatic nitrogens is 5. The van der Waals surface area contributed by atoms with Gasteiger partial charge in [0.05, 0.1) is 6.61 Å². The second kappa shape index (κ2) is 7.40. The van der Waals surface area contributed by atoms with Crippen molar-refractivity contribution < 1.29 is 13.5 Å². The number of hydrogen-bond acceptors (Lipinski definition) is 8. The predicted molar refractivity (Wildman–Crippen MR) is 70.1 cm³/mol. The Morgan fingerprint density at radius 1 is 1.29 bits per heavy atom. The Morgan fingerprint density at radius 2 is 2.10 bits per heavy atom. The third-order valence-electron chi connectivity index (χ3n) is 2.24. The molecule has 11 heteroatoms. The van der Waals surface area contributed by atoms with E-state index in [1.807, 2.05) is 0 Å². The van der Waals surface area contributed by atoms with Crippen LogP contribution in [0.15, 0.2) is 18.5 Å². The lowest BCUT2D eigenvalue weighted by molar-refractivity contribution is 0.0214. The van der Waals surface area contributed by atoms with Gasteiger partial charge in [-0.15, -0.1) is 0 Å². The minimum absolute atomic E-state index is 0.0957. The molecule has 0 unspecified atom stereocenters. The molecular weight excluding hydrogens is 286 g/mol. The summed E-state index contributed by atoms with van der Waals surface area (Å²) in [5.74, 6) is 5.92. The van der Waals surface area contributed by atoms with Crippen molar-refractivity contribution in [2.24, 2.45) is 5.84 Å². The lowest BCUT2D eigenvalue weighted by Gasteiger charge is -2.08. The summed E-state index contributed by atoms with van der Waals surface area (Å²) in [7, 11) is 0. The molecule has 2 aromatic rings. The average Bonchev–Trinajstić information content (AvgIpc) is 3.00. The van der Waals surface area contributed by atoms with Crippen LogP contribution in [0.3, 0.4) is 0 Å². The van der Waals surface area contributed by atoms with E-state index >= 15 is 0 Å². The molecule has 114 valence electrons. The first-order chi connectivity index (χ1) is 10.2. The van der Waals surface area contributed by atoms with Crippen molar-refractivity contribution in [1.82, 2.24) is 24.7 Å². The summed E-state index contributed by atoms with van der Waals surface area (Å²) in [5, 5.41) is 6.82. The van der Waals surface area contributed by atoms with E-state index in [1.165, 1.54) is 4.68 Å². The Kier molecular flexibility index (Phi) is 5.29. The van der Waals surface area contributed by atoms with Gasteiger partial charge in [-0.1, -0.05) is 0 Å². The number of alkyl halides is 2. The Balaban J connectivity index is 1.97. The predicted octanol–water partition coefficient (Wildman–Crippen LogP) is 0.0365. The molecule has 4 N–H and O–H groups in total. The van der Waals surface area contributed by atoms with Gasteiger partial charge in [-0.3, -0.25) is 5.43 Å². The molecule has 0 spiro atoms. The molecule has 0 aliphatic heterocycles. The molecule has 0 saturated carbocycles. The smallest absolute Gasteiger partial charge is 0.261 e. The normalized spacial score (nSPS) is 10.9. The fourth-order valence-corrected chi connectivity index (χ4v) is 1.41. The molecule has 0 amide bonds. The Hall–Kier alpha value is -2.40. The monoisotopic (exact) mass is 300 g/mol. The van der Waals surface area contributed by atoms with Gasteiger partial charge in [0.15, 0.2) is 0 Å². The van der Waals surface area contributed by atoms with Crippen LogP contribution in [-0.2, 0) is 4.74 Å². The van der Waals surface area contributed by atoms with E-state index in [9.17, 15) is 8.78 Å². The third-order valence-corrected chi connectivity index (χ3v) is 2.24. The number of nitrogens with zero attached hydrogens (tertiary/aromatic N) is 5. The highest BCUT2D eigenvalue weighted by Crippen LogP contribution is 2.07. The Morgan fingerprint density at radius 3 is 2.76 bits per heavy atom. The number of nitrogens with one attached hydrogen (secondary N) is 2. The van der Waals surface area contributed by atoms with Crippen LogP contribution in [0.1, 0.15) is 0 Å². The highest BCUT2D eigenvalue weighted by atomic mass is 19.3. The van der Waals surface area contributed by atoms with Gasteiger partial charge in [0.25, 0.3) is 12.4 Å². The molecule has 0 aliphatic carbocycles. The van der Waals surface area contributed by atoms with Gasteiger partial charge < -0.3 is 10.1 Å². The standard InChI is InChI=1S/C10H14F2N8O/c11-7(12)6-21-5-3-14-8-16-9(19-13)18-10(17-8)20-4-1-2-15-20/h1-2,4,7H,3,5-6,13H2,(H2,14,16,17,18,19). The van der Waals surface area contributed by atoms with Crippen LogP contribution in [0.25, 0.3) is 5.95 Å². The van der Waals surface area contributed by atoms with E-state index in [-0.39, 0.29) is 31.0 Å². The van der Waals surface area contributed by atoms with E-state index < -0.39 is 13.0 Å². The molecular formula is C10H14F2N8O. The molecule has 0 aliphatic rings. The van der Waals surface area contributed by atoms with Gasteiger partial charge in [-0.2, -0.15) is 20.1 Å². The van der Waals surface area contributed by atoms with Crippen molar-refractivity contribution in [2.45, 2.75) is 6.43 Å². The maximum Gasteiger partial charge on any atom is 0.261 e. The Bertz CT molecular complexity index is 550. The number of hydrogen-bond donors (Lipinski definition) is 3. The van der Waals surface area contributed by atoms with Gasteiger partial charge in [0.1, 0.15) is 6.61 Å². The SMILES string of the molecule is NNc1nc(NCCOCC(F)F)nc(-n2cccn2)n1. The fourth-order valence-electron chi connectivity index (χ4n) is 1.41. The van der Waals surface area contributed by atoms with Crippen LogP contribution in [0.2, 0.25) is 0 Å². The highest BCUT2D eigenvalue weighted by molar-refractivity contribution is 5.36. The number of ether oxygens (including phenoxy) is 1. The molecule has 9 nitrogen and oxygen atoms in total. The van der Waals surface area contributed by atoms with E-state index in [2.05, 4.69) is 30.8 Å². The lowest BCUT2D eigenvalue weighted by atomic mass is 10.6. The second-order valence-corrected chi connectivity index (χ2v) is 3.77. The molecule has 0 radical (unpaired) electrons. The van der Waals surface area contributed by atoms with Crippen LogP contribution in [0.5, 0.6) is 0 Å². The summed E-state index contributed by atoms with van der Waals surface area (Å²) in [6.45, 7) is -0.245. The first-order valence-corrected chi connectivity index (χ1v) is 6.01. The van der Waals surface area contributed by atoms with E-state index in [0.717, 1.165) is 0 Å². The zero-order chi connectivity index (χ0) is 15.1. The quantitative estimate of drug-likeness (QED) is 0.355. The van der Waals surface area contributed by atoms with Gasteiger partial charge in [-0.05, 0) is 6.07 Å². The highest BCUT2D eigenvalue weighted by Gasteiger charge is 2.07. The zero-order valence-corrected chi connectivity index (χ0v) is 10.9. The summed E-state index contributed by atoms with van der Waals surface area (Å²) in [5.41, 5.74) is 2.31. The van der Waals surface area contributed by atoms with Crippen molar-refractivity contribution in [2.75, 3.05) is 30.5 Å². The topological polar surface area (TPSA) is 116 Å². The van der Waals surface area contributed by atoms with Gasteiger partial charge in [0, 0.05) is 18.9 Å². The third kappa shape index (κ3) is 4.57. The molecule has 2 aromatic heterocycles. The van der Waals surface area contributed by atoms with Crippen LogP contribution < -0.4 is 16.6 Å². The summed E-state index contributed by atoms with van der Waals surface area (Å²) in [4.78, 5) is 12.1. The molecule has 0 fully saturated rings. The first-order valence-electron chi connectivity index (χ1n) is 6.01. The first kappa shape index (κ1) is 15.0. The van der Waals surface area contributed by atoms with Crippen molar-refractivity contribution >= 4 is 11.9 Å². The van der Waals surface area contributed by atoms with Gasteiger partial charge in [0.2, 0.25) is 11.9 Å². The van der Waals surface area contributed by atoms with Crippen molar-refractivity contribution in [3.63, 3.8) is 0 Å². The minimum atomic E-state index is -2.48. The number of nitrogens with two attached hydrogens (primary N) is 1. The number of nitrogen functional groups attached to an aromatic ring is 1. The Labute approximate surface area is 118 Å². The summed E-state index contributed by atoms with van der Waals surface area (Å²) < 4.78 is 29.9. The number of rotatable bonds is 8. The summed E-state index contributed by atoms with van der Waals surface area (Å²) >= 11 is 0. The van der Waals surface area contributed by atoms with E-state index in [1.54, 1.807) is 18.5 Å². The molecule has 2 rings (SSSR count). The number of halogens is 2. The fraction of sp³-hybridized carbons (Fsp3) is 0.400. The lowest BCUT2D eigenvalue weighted by Crippen LogP contribution is -2.18. The molecule has 0 aromatic carbocycles. The average molecular weight is 300 g/mol. The second-order valence-electron chi connectivity index (χ2n) is 3.77. The molecule has 21 heavy (non-hydrogen) atoms. The van der Waals surface area contributed by atoms with E-state index in [4.69, 9.17) is 10.6 Å². The van der Waals surface area contributed by atoms with Crippen molar-refractivity contribution in [1.29, 1.82) is 0 Å². The van der Waals surface area contributed by atoms with E-state index in [0.29, 0.717) is 0 Å². The van der Waals surface area contributed by atoms with Crippen LogP contribution in [-0.4, -0.2) is 50.9 Å². The number of anilines is 2. The van der Waals surface area contributed by atoms with Crippen LogP contribution in [0.4, 0.5) is 20.7 Å². The molecule has 0 saturated heterocycles. The summed E-state index contributed by atoms with van der Waals surface area (Å²) in [6, 6.07) is 1.71. The minimum Gasteiger partial charge on any atom is -0.374 e. The summed E-state index contributed by atoms with van der Waals surface area (Å²) in [6.07, 6.45) is 0.747.